The molecule has 2 nitrogen and oxygen atoms in total. The minimum Gasteiger partial charge on any atom is -0.489 e. The lowest BCUT2D eigenvalue weighted by atomic mass is 9.77. The zero-order valence-electron chi connectivity index (χ0n) is 11.9. The van der Waals surface area contributed by atoms with Crippen molar-refractivity contribution in [3.05, 3.63) is 65.2 Å². The molecule has 1 unspecified atom stereocenters. The summed E-state index contributed by atoms with van der Waals surface area (Å²) in [6.45, 7) is 4.90. The molecule has 0 saturated carbocycles. The summed E-state index contributed by atoms with van der Waals surface area (Å²) in [4.78, 5) is 0. The van der Waals surface area contributed by atoms with Gasteiger partial charge in [0.1, 0.15) is 12.4 Å². The van der Waals surface area contributed by atoms with E-state index in [1.54, 1.807) is 0 Å². The van der Waals surface area contributed by atoms with Crippen LogP contribution in [0, 0.1) is 0 Å². The molecule has 2 aromatic carbocycles. The van der Waals surface area contributed by atoms with Gasteiger partial charge in [-0.15, -0.1) is 0 Å². The van der Waals surface area contributed by atoms with E-state index < -0.39 is 0 Å². The Balaban J connectivity index is 1.62. The molecule has 1 aliphatic carbocycles. The van der Waals surface area contributed by atoms with E-state index in [4.69, 9.17) is 4.74 Å². The molecule has 1 atom stereocenters. The monoisotopic (exact) mass is 267 g/mol. The van der Waals surface area contributed by atoms with Gasteiger partial charge in [0.15, 0.2) is 0 Å². The summed E-state index contributed by atoms with van der Waals surface area (Å²) >= 11 is 0. The lowest BCUT2D eigenvalue weighted by molar-refractivity contribution is 0.305. The van der Waals surface area contributed by atoms with Crippen LogP contribution in [0.4, 0.5) is 0 Å². The highest BCUT2D eigenvalue weighted by atomic mass is 16.5. The molecule has 0 aromatic heterocycles. The standard InChI is InChI=1S/C18H21NO/c1-2-19-12-16-10-15-8-9-17(11-18(15)16)20-13-14-6-4-3-5-7-14/h3-9,11,16,19H,2,10,12-13H2,1H3. The number of benzene rings is 2. The Kier molecular flexibility index (Phi) is 4.03. The van der Waals surface area contributed by atoms with Crippen molar-refractivity contribution >= 4 is 0 Å². The van der Waals surface area contributed by atoms with Crippen LogP contribution in [0.25, 0.3) is 0 Å². The summed E-state index contributed by atoms with van der Waals surface area (Å²) in [5, 5.41) is 3.43. The molecule has 104 valence electrons. The summed E-state index contributed by atoms with van der Waals surface area (Å²) in [6.07, 6.45) is 1.20. The van der Waals surface area contributed by atoms with Gasteiger partial charge < -0.3 is 10.1 Å². The van der Waals surface area contributed by atoms with Crippen LogP contribution < -0.4 is 10.1 Å². The first-order valence-corrected chi connectivity index (χ1v) is 7.37. The third kappa shape index (κ3) is 2.86. The smallest absolute Gasteiger partial charge is 0.120 e. The second kappa shape index (κ2) is 6.10. The fourth-order valence-electron chi connectivity index (χ4n) is 2.71. The summed E-state index contributed by atoms with van der Waals surface area (Å²) in [5.74, 6) is 1.64. The maximum Gasteiger partial charge on any atom is 0.120 e. The largest absolute Gasteiger partial charge is 0.489 e. The number of rotatable bonds is 6. The molecule has 0 saturated heterocycles. The van der Waals surface area contributed by atoms with Crippen LogP contribution in [-0.2, 0) is 13.0 Å². The summed E-state index contributed by atoms with van der Waals surface area (Å²) in [7, 11) is 0. The van der Waals surface area contributed by atoms with Crippen molar-refractivity contribution in [1.82, 2.24) is 5.32 Å². The molecule has 1 aliphatic rings. The Labute approximate surface area is 120 Å². The van der Waals surface area contributed by atoms with E-state index in [1.165, 1.54) is 23.1 Å². The molecule has 0 fully saturated rings. The van der Waals surface area contributed by atoms with E-state index in [2.05, 4.69) is 42.6 Å². The SMILES string of the molecule is CCNCC1Cc2ccc(OCc3ccccc3)cc21. The summed E-state index contributed by atoms with van der Waals surface area (Å²) in [6, 6.07) is 16.8. The van der Waals surface area contributed by atoms with E-state index in [-0.39, 0.29) is 0 Å². The molecule has 0 radical (unpaired) electrons. The molecule has 0 heterocycles. The number of fused-ring (bicyclic) bond motifs is 1. The van der Waals surface area contributed by atoms with Crippen LogP contribution in [0.3, 0.4) is 0 Å². The Morgan fingerprint density at radius 2 is 2.00 bits per heavy atom. The van der Waals surface area contributed by atoms with Crippen LogP contribution in [0.1, 0.15) is 29.5 Å². The Bertz CT molecular complexity index is 565. The van der Waals surface area contributed by atoms with Gasteiger partial charge >= 0.3 is 0 Å². The lowest BCUT2D eigenvalue weighted by Crippen LogP contribution is -2.29. The molecular formula is C18H21NO. The number of hydrogen-bond acceptors (Lipinski definition) is 2. The molecule has 0 spiro atoms. The number of likely N-dealkylation sites (N-methyl/N-ethyl adjacent to an activating group) is 1. The topological polar surface area (TPSA) is 21.3 Å². The number of ether oxygens (including phenoxy) is 1. The molecule has 2 heteroatoms. The summed E-state index contributed by atoms with van der Waals surface area (Å²) < 4.78 is 5.89. The Morgan fingerprint density at radius 1 is 1.15 bits per heavy atom. The van der Waals surface area contributed by atoms with Crippen molar-refractivity contribution in [2.24, 2.45) is 0 Å². The van der Waals surface area contributed by atoms with Gasteiger partial charge in [-0.1, -0.05) is 43.3 Å². The minimum atomic E-state index is 0.636. The normalized spacial score (nSPS) is 16.4. The first kappa shape index (κ1) is 13.2. The van der Waals surface area contributed by atoms with Crippen molar-refractivity contribution in [2.45, 2.75) is 25.9 Å². The average molecular weight is 267 g/mol. The first-order valence-electron chi connectivity index (χ1n) is 7.37. The van der Waals surface area contributed by atoms with Gasteiger partial charge in [0.2, 0.25) is 0 Å². The predicted molar refractivity (Wildman–Crippen MR) is 82.2 cm³/mol. The van der Waals surface area contributed by atoms with Crippen molar-refractivity contribution in [2.75, 3.05) is 13.1 Å². The second-order valence-corrected chi connectivity index (χ2v) is 5.34. The van der Waals surface area contributed by atoms with Gasteiger partial charge in [-0.25, -0.2) is 0 Å². The molecule has 0 bridgehead atoms. The fourth-order valence-corrected chi connectivity index (χ4v) is 2.71. The van der Waals surface area contributed by atoms with Crippen LogP contribution in [0.5, 0.6) is 5.75 Å². The van der Waals surface area contributed by atoms with Gasteiger partial charge in [0.25, 0.3) is 0 Å². The third-order valence-electron chi connectivity index (χ3n) is 3.91. The highest BCUT2D eigenvalue weighted by Gasteiger charge is 2.25. The van der Waals surface area contributed by atoms with E-state index in [0.717, 1.165) is 18.8 Å². The van der Waals surface area contributed by atoms with Crippen LogP contribution in [0.2, 0.25) is 0 Å². The molecule has 0 aliphatic heterocycles. The predicted octanol–water partition coefficient (Wildman–Crippen LogP) is 3.51. The van der Waals surface area contributed by atoms with Crippen molar-refractivity contribution in [3.8, 4) is 5.75 Å². The maximum absolute atomic E-state index is 5.89. The molecule has 2 aromatic rings. The van der Waals surface area contributed by atoms with Crippen molar-refractivity contribution in [1.29, 1.82) is 0 Å². The molecule has 3 rings (SSSR count). The average Bonchev–Trinajstić information content (AvgIpc) is 2.48. The van der Waals surface area contributed by atoms with E-state index >= 15 is 0 Å². The molecular weight excluding hydrogens is 246 g/mol. The van der Waals surface area contributed by atoms with E-state index in [1.807, 2.05) is 18.2 Å². The summed E-state index contributed by atoms with van der Waals surface area (Å²) in [5.41, 5.74) is 4.14. The number of nitrogens with one attached hydrogen (secondary N) is 1. The third-order valence-corrected chi connectivity index (χ3v) is 3.91. The zero-order valence-corrected chi connectivity index (χ0v) is 11.9. The minimum absolute atomic E-state index is 0.636. The van der Waals surface area contributed by atoms with Crippen LogP contribution in [0.15, 0.2) is 48.5 Å². The van der Waals surface area contributed by atoms with E-state index in [0.29, 0.717) is 12.5 Å². The van der Waals surface area contributed by atoms with E-state index in [9.17, 15) is 0 Å². The first-order chi connectivity index (χ1) is 9.86. The van der Waals surface area contributed by atoms with Crippen LogP contribution in [-0.4, -0.2) is 13.1 Å². The number of hydrogen-bond donors (Lipinski definition) is 1. The van der Waals surface area contributed by atoms with Crippen molar-refractivity contribution < 1.29 is 4.74 Å². The Hall–Kier alpha value is -1.80. The highest BCUT2D eigenvalue weighted by Crippen LogP contribution is 2.37. The second-order valence-electron chi connectivity index (χ2n) is 5.34. The maximum atomic E-state index is 5.89. The van der Waals surface area contributed by atoms with Crippen LogP contribution >= 0.6 is 0 Å². The zero-order chi connectivity index (χ0) is 13.8. The quantitative estimate of drug-likeness (QED) is 0.864. The lowest BCUT2D eigenvalue weighted by Gasteiger charge is -2.30. The molecule has 0 amide bonds. The van der Waals surface area contributed by atoms with Gasteiger partial charge in [-0.3, -0.25) is 0 Å². The Morgan fingerprint density at radius 3 is 2.80 bits per heavy atom. The highest BCUT2D eigenvalue weighted by molar-refractivity contribution is 5.45. The van der Waals surface area contributed by atoms with Crippen molar-refractivity contribution in [3.63, 3.8) is 0 Å². The molecule has 1 N–H and O–H groups in total. The fraction of sp³-hybridized carbons (Fsp3) is 0.333. The van der Waals surface area contributed by atoms with Gasteiger partial charge in [0, 0.05) is 12.5 Å². The van der Waals surface area contributed by atoms with Gasteiger partial charge in [-0.05, 0) is 41.8 Å². The molecule has 20 heavy (non-hydrogen) atoms. The van der Waals surface area contributed by atoms with Gasteiger partial charge in [-0.2, -0.15) is 0 Å². The van der Waals surface area contributed by atoms with Gasteiger partial charge in [0.05, 0.1) is 0 Å².